The lowest BCUT2D eigenvalue weighted by Gasteiger charge is -2.17. The Labute approximate surface area is 145 Å². The van der Waals surface area contributed by atoms with E-state index in [1.54, 1.807) is 13.0 Å². The molecule has 0 saturated heterocycles. The van der Waals surface area contributed by atoms with E-state index >= 15 is 0 Å². The van der Waals surface area contributed by atoms with E-state index in [4.69, 9.17) is 9.26 Å². The van der Waals surface area contributed by atoms with E-state index in [9.17, 15) is 9.59 Å². The molecule has 0 atom stereocenters. The molecule has 2 heterocycles. The molecule has 0 radical (unpaired) electrons. The summed E-state index contributed by atoms with van der Waals surface area (Å²) in [6.07, 6.45) is 0. The molecule has 130 valence electrons. The van der Waals surface area contributed by atoms with E-state index < -0.39 is 11.4 Å². The van der Waals surface area contributed by atoms with Gasteiger partial charge in [-0.05, 0) is 26.3 Å². The molecule has 2 aromatic rings. The van der Waals surface area contributed by atoms with Crippen molar-refractivity contribution in [3.05, 3.63) is 33.5 Å². The fourth-order valence-electron chi connectivity index (χ4n) is 1.94. The number of amides is 1. The van der Waals surface area contributed by atoms with Crippen LogP contribution in [0.4, 0.5) is 5.00 Å². The summed E-state index contributed by atoms with van der Waals surface area (Å²) in [6.45, 7) is 11.0. The minimum Gasteiger partial charge on any atom is -0.454 e. The highest BCUT2D eigenvalue weighted by molar-refractivity contribution is 7.16. The van der Waals surface area contributed by atoms with E-state index in [-0.39, 0.29) is 12.5 Å². The quantitative estimate of drug-likeness (QED) is 0.843. The molecule has 0 saturated carbocycles. The van der Waals surface area contributed by atoms with Gasteiger partial charge < -0.3 is 14.6 Å². The molecule has 7 heteroatoms. The molecule has 0 aliphatic carbocycles. The molecule has 0 aliphatic heterocycles. The van der Waals surface area contributed by atoms with Gasteiger partial charge in [-0.15, -0.1) is 11.3 Å². The van der Waals surface area contributed by atoms with E-state index in [0.717, 1.165) is 16.1 Å². The van der Waals surface area contributed by atoms with Crippen molar-refractivity contribution in [3.63, 3.8) is 0 Å². The van der Waals surface area contributed by atoms with Gasteiger partial charge in [0, 0.05) is 16.4 Å². The summed E-state index contributed by atoms with van der Waals surface area (Å²) >= 11 is 1.37. The zero-order chi connectivity index (χ0) is 18.1. The van der Waals surface area contributed by atoms with Crippen molar-refractivity contribution in [2.24, 2.45) is 5.41 Å². The van der Waals surface area contributed by atoms with Crippen molar-refractivity contribution in [1.82, 2.24) is 5.16 Å². The number of hydrogen-bond acceptors (Lipinski definition) is 6. The first-order valence-electron chi connectivity index (χ1n) is 7.60. The summed E-state index contributed by atoms with van der Waals surface area (Å²) in [6, 6.07) is 1.71. The third-order valence-corrected chi connectivity index (χ3v) is 4.64. The summed E-state index contributed by atoms with van der Waals surface area (Å²) in [5.74, 6) is -0.162. The lowest BCUT2D eigenvalue weighted by Crippen LogP contribution is -2.28. The molecule has 0 spiro atoms. The molecule has 1 N–H and O–H groups in total. The van der Waals surface area contributed by atoms with Crippen LogP contribution in [0.5, 0.6) is 0 Å². The van der Waals surface area contributed by atoms with Crippen LogP contribution in [0.25, 0.3) is 0 Å². The van der Waals surface area contributed by atoms with Crippen molar-refractivity contribution >= 4 is 28.2 Å². The number of esters is 1. The summed E-state index contributed by atoms with van der Waals surface area (Å²) in [5.41, 5.74) is 1.38. The van der Waals surface area contributed by atoms with E-state index in [2.05, 4.69) is 10.5 Å². The lowest BCUT2D eigenvalue weighted by atomic mass is 9.96. The van der Waals surface area contributed by atoms with Crippen LogP contribution >= 0.6 is 11.3 Å². The standard InChI is InChI=1S/C17H22N2O4S/c1-9-7-12(23-19-9)8-22-15(20)13-10(2)11(3)24-14(13)18-16(21)17(4,5)6/h7H,8H2,1-6H3,(H,18,21). The summed E-state index contributed by atoms with van der Waals surface area (Å²) in [5, 5.41) is 7.11. The maximum absolute atomic E-state index is 12.5. The fourth-order valence-corrected chi connectivity index (χ4v) is 2.99. The number of rotatable bonds is 4. The van der Waals surface area contributed by atoms with Gasteiger partial charge in [-0.25, -0.2) is 4.79 Å². The molecule has 1 amide bonds. The van der Waals surface area contributed by atoms with Crippen LogP contribution < -0.4 is 5.32 Å². The van der Waals surface area contributed by atoms with Gasteiger partial charge in [0.1, 0.15) is 5.00 Å². The van der Waals surface area contributed by atoms with Crippen LogP contribution in [-0.2, 0) is 16.1 Å². The largest absolute Gasteiger partial charge is 0.454 e. The first-order chi connectivity index (χ1) is 11.1. The molecule has 0 fully saturated rings. The number of aromatic nitrogens is 1. The van der Waals surface area contributed by atoms with Gasteiger partial charge in [0.15, 0.2) is 12.4 Å². The van der Waals surface area contributed by atoms with Crippen LogP contribution in [0, 0.1) is 26.2 Å². The predicted octanol–water partition coefficient (Wildman–Crippen LogP) is 4.00. The number of carbonyl (C=O) groups excluding carboxylic acids is 2. The topological polar surface area (TPSA) is 81.4 Å². The Bertz CT molecular complexity index is 768. The van der Waals surface area contributed by atoms with Gasteiger partial charge in [-0.3, -0.25) is 4.79 Å². The van der Waals surface area contributed by atoms with Crippen LogP contribution in [0.15, 0.2) is 10.6 Å². The Morgan fingerprint density at radius 2 is 1.96 bits per heavy atom. The van der Waals surface area contributed by atoms with Crippen molar-refractivity contribution in [2.75, 3.05) is 5.32 Å². The van der Waals surface area contributed by atoms with Crippen LogP contribution in [-0.4, -0.2) is 17.0 Å². The van der Waals surface area contributed by atoms with Crippen LogP contribution in [0.1, 0.15) is 53.0 Å². The van der Waals surface area contributed by atoms with E-state index in [1.807, 2.05) is 34.6 Å². The van der Waals surface area contributed by atoms with Gasteiger partial charge in [0.05, 0.1) is 11.3 Å². The smallest absolute Gasteiger partial charge is 0.341 e. The van der Waals surface area contributed by atoms with Gasteiger partial charge >= 0.3 is 5.97 Å². The summed E-state index contributed by atoms with van der Waals surface area (Å²) in [7, 11) is 0. The SMILES string of the molecule is Cc1cc(COC(=O)c2c(NC(=O)C(C)(C)C)sc(C)c2C)on1. The average Bonchev–Trinajstić information content (AvgIpc) is 3.00. The Balaban J connectivity index is 2.19. The maximum Gasteiger partial charge on any atom is 0.341 e. The Morgan fingerprint density at radius 1 is 1.29 bits per heavy atom. The van der Waals surface area contributed by atoms with Gasteiger partial charge in [-0.1, -0.05) is 25.9 Å². The Kier molecular flexibility index (Phi) is 5.13. The second-order valence-electron chi connectivity index (χ2n) is 6.70. The second-order valence-corrected chi connectivity index (χ2v) is 7.93. The number of carbonyl (C=O) groups is 2. The Hall–Kier alpha value is -2.15. The number of hydrogen-bond donors (Lipinski definition) is 1. The van der Waals surface area contributed by atoms with Crippen molar-refractivity contribution in [1.29, 1.82) is 0 Å². The predicted molar refractivity (Wildman–Crippen MR) is 92.2 cm³/mol. The number of thiophene rings is 1. The monoisotopic (exact) mass is 350 g/mol. The highest BCUT2D eigenvalue weighted by Gasteiger charge is 2.27. The third kappa shape index (κ3) is 4.03. The zero-order valence-electron chi connectivity index (χ0n) is 14.8. The third-order valence-electron chi connectivity index (χ3n) is 3.52. The maximum atomic E-state index is 12.5. The van der Waals surface area contributed by atoms with E-state index in [1.165, 1.54) is 11.3 Å². The normalized spacial score (nSPS) is 11.4. The fraction of sp³-hybridized carbons (Fsp3) is 0.471. The van der Waals surface area contributed by atoms with E-state index in [0.29, 0.717) is 16.3 Å². The first-order valence-corrected chi connectivity index (χ1v) is 8.42. The van der Waals surface area contributed by atoms with Gasteiger partial charge in [0.2, 0.25) is 5.91 Å². The van der Waals surface area contributed by atoms with Gasteiger partial charge in [0.25, 0.3) is 0 Å². The number of nitrogens with zero attached hydrogens (tertiary/aromatic N) is 1. The lowest BCUT2D eigenvalue weighted by molar-refractivity contribution is -0.123. The summed E-state index contributed by atoms with van der Waals surface area (Å²) in [4.78, 5) is 25.7. The molecule has 0 aliphatic rings. The number of anilines is 1. The highest BCUT2D eigenvalue weighted by atomic mass is 32.1. The minimum absolute atomic E-state index is 0.000660. The Morgan fingerprint density at radius 3 is 2.50 bits per heavy atom. The molecule has 24 heavy (non-hydrogen) atoms. The zero-order valence-corrected chi connectivity index (χ0v) is 15.6. The molecule has 2 rings (SSSR count). The molecule has 0 aromatic carbocycles. The second kappa shape index (κ2) is 6.76. The van der Waals surface area contributed by atoms with Crippen LogP contribution in [0.3, 0.4) is 0 Å². The van der Waals surface area contributed by atoms with Crippen molar-refractivity contribution < 1.29 is 18.8 Å². The van der Waals surface area contributed by atoms with Gasteiger partial charge in [-0.2, -0.15) is 0 Å². The molecule has 2 aromatic heterocycles. The molecule has 0 unspecified atom stereocenters. The van der Waals surface area contributed by atoms with Crippen molar-refractivity contribution in [3.8, 4) is 0 Å². The molecular weight excluding hydrogens is 328 g/mol. The number of ether oxygens (including phenoxy) is 1. The number of nitrogens with one attached hydrogen (secondary N) is 1. The minimum atomic E-state index is -0.551. The summed E-state index contributed by atoms with van der Waals surface area (Å²) < 4.78 is 10.3. The molecule has 6 nitrogen and oxygen atoms in total. The average molecular weight is 350 g/mol. The molecule has 0 bridgehead atoms. The number of aryl methyl sites for hydroxylation is 2. The van der Waals surface area contributed by atoms with Crippen molar-refractivity contribution in [2.45, 2.75) is 48.1 Å². The molecular formula is C17H22N2O4S. The highest BCUT2D eigenvalue weighted by Crippen LogP contribution is 2.34. The van der Waals surface area contributed by atoms with Crippen LogP contribution in [0.2, 0.25) is 0 Å². The first kappa shape index (κ1) is 18.2.